The van der Waals surface area contributed by atoms with Crippen molar-refractivity contribution in [3.8, 4) is 0 Å². The summed E-state index contributed by atoms with van der Waals surface area (Å²) in [6.45, 7) is 1.89. The summed E-state index contributed by atoms with van der Waals surface area (Å²) < 4.78 is 0. The van der Waals surface area contributed by atoms with Gasteiger partial charge in [-0.15, -0.1) is 0 Å². The third-order valence-electron chi connectivity index (χ3n) is 3.15. The lowest BCUT2D eigenvalue weighted by atomic mass is 9.99. The predicted molar refractivity (Wildman–Crippen MR) is 74.1 cm³/mol. The van der Waals surface area contributed by atoms with Gasteiger partial charge in [0.1, 0.15) is 5.69 Å². The molecule has 3 rings (SSSR count). The van der Waals surface area contributed by atoms with Crippen LogP contribution < -0.4 is 0 Å². The Morgan fingerprint density at radius 1 is 1.05 bits per heavy atom. The molecule has 0 atom stereocenters. The highest BCUT2D eigenvalue weighted by Gasteiger charge is 2.15. The standard InChI is InChI=1S/C16H12N2O/c1-11-4-3-8-18-15(11)16(19)13-6-2-5-12-7-9-17-10-14(12)13/h2-10H,1H3. The van der Waals surface area contributed by atoms with E-state index in [4.69, 9.17) is 0 Å². The van der Waals surface area contributed by atoms with Gasteiger partial charge in [0.2, 0.25) is 5.78 Å². The highest BCUT2D eigenvalue weighted by atomic mass is 16.1. The van der Waals surface area contributed by atoms with Gasteiger partial charge in [0, 0.05) is 29.5 Å². The molecule has 2 aromatic heterocycles. The number of aromatic nitrogens is 2. The van der Waals surface area contributed by atoms with E-state index in [9.17, 15) is 4.79 Å². The van der Waals surface area contributed by atoms with Crippen LogP contribution in [0.1, 0.15) is 21.6 Å². The number of aryl methyl sites for hydroxylation is 1. The molecule has 0 unspecified atom stereocenters. The molecular formula is C16H12N2O. The summed E-state index contributed by atoms with van der Waals surface area (Å²) in [7, 11) is 0. The van der Waals surface area contributed by atoms with Crippen LogP contribution in [0.15, 0.2) is 55.0 Å². The van der Waals surface area contributed by atoms with Crippen molar-refractivity contribution in [2.24, 2.45) is 0 Å². The largest absolute Gasteiger partial charge is 0.287 e. The monoisotopic (exact) mass is 248 g/mol. The fraction of sp³-hybridized carbons (Fsp3) is 0.0625. The molecule has 1 aromatic carbocycles. The van der Waals surface area contributed by atoms with Gasteiger partial charge in [0.05, 0.1) is 0 Å². The van der Waals surface area contributed by atoms with Crippen LogP contribution in [0.25, 0.3) is 10.8 Å². The van der Waals surface area contributed by atoms with E-state index in [1.165, 1.54) is 0 Å². The molecule has 0 aliphatic heterocycles. The number of fused-ring (bicyclic) bond motifs is 1. The van der Waals surface area contributed by atoms with Crippen LogP contribution in [0.4, 0.5) is 0 Å². The van der Waals surface area contributed by atoms with Crippen molar-refractivity contribution in [1.82, 2.24) is 9.97 Å². The highest BCUT2D eigenvalue weighted by Crippen LogP contribution is 2.20. The second-order valence-electron chi connectivity index (χ2n) is 4.40. The molecule has 0 saturated heterocycles. The van der Waals surface area contributed by atoms with Crippen LogP contribution in [0.5, 0.6) is 0 Å². The Kier molecular flexibility index (Phi) is 2.80. The first kappa shape index (κ1) is 11.5. The van der Waals surface area contributed by atoms with E-state index < -0.39 is 0 Å². The summed E-state index contributed by atoms with van der Waals surface area (Å²) >= 11 is 0. The van der Waals surface area contributed by atoms with E-state index >= 15 is 0 Å². The Hall–Kier alpha value is -2.55. The average Bonchev–Trinajstić information content (AvgIpc) is 2.46. The third-order valence-corrected chi connectivity index (χ3v) is 3.15. The fourth-order valence-electron chi connectivity index (χ4n) is 2.16. The third kappa shape index (κ3) is 1.99. The molecule has 3 nitrogen and oxygen atoms in total. The number of carbonyl (C=O) groups excluding carboxylic acids is 1. The van der Waals surface area contributed by atoms with Gasteiger partial charge in [-0.1, -0.05) is 24.3 Å². The van der Waals surface area contributed by atoms with Crippen molar-refractivity contribution < 1.29 is 4.79 Å². The first-order chi connectivity index (χ1) is 9.27. The van der Waals surface area contributed by atoms with Crippen LogP contribution in [-0.4, -0.2) is 15.8 Å². The van der Waals surface area contributed by atoms with Crippen molar-refractivity contribution in [1.29, 1.82) is 0 Å². The van der Waals surface area contributed by atoms with Crippen molar-refractivity contribution in [3.63, 3.8) is 0 Å². The second-order valence-corrected chi connectivity index (χ2v) is 4.40. The summed E-state index contributed by atoms with van der Waals surface area (Å²) in [5, 5.41) is 1.87. The van der Waals surface area contributed by atoms with E-state index in [2.05, 4.69) is 9.97 Å². The van der Waals surface area contributed by atoms with Gasteiger partial charge in [-0.25, -0.2) is 0 Å². The van der Waals surface area contributed by atoms with Crippen molar-refractivity contribution in [2.75, 3.05) is 0 Å². The van der Waals surface area contributed by atoms with Gasteiger partial charge in [0.15, 0.2) is 0 Å². The Labute approximate surface area is 111 Å². The molecule has 3 heteroatoms. The van der Waals surface area contributed by atoms with Crippen LogP contribution in [0.3, 0.4) is 0 Å². The average molecular weight is 248 g/mol. The van der Waals surface area contributed by atoms with Gasteiger partial charge < -0.3 is 0 Å². The van der Waals surface area contributed by atoms with Crippen molar-refractivity contribution in [2.45, 2.75) is 6.92 Å². The van der Waals surface area contributed by atoms with Gasteiger partial charge in [-0.3, -0.25) is 14.8 Å². The molecule has 92 valence electrons. The molecule has 2 heterocycles. The number of hydrogen-bond donors (Lipinski definition) is 0. The normalized spacial score (nSPS) is 10.6. The van der Waals surface area contributed by atoms with E-state index in [0.29, 0.717) is 11.3 Å². The lowest BCUT2D eigenvalue weighted by Crippen LogP contribution is -2.06. The summed E-state index contributed by atoms with van der Waals surface area (Å²) in [4.78, 5) is 20.9. The molecule has 0 N–H and O–H groups in total. The first-order valence-corrected chi connectivity index (χ1v) is 6.06. The number of carbonyl (C=O) groups is 1. The molecule has 0 bridgehead atoms. The lowest BCUT2D eigenvalue weighted by molar-refractivity contribution is 0.103. The molecule has 0 saturated carbocycles. The molecule has 0 aliphatic rings. The minimum Gasteiger partial charge on any atom is -0.287 e. The minimum absolute atomic E-state index is 0.0586. The lowest BCUT2D eigenvalue weighted by Gasteiger charge is -2.06. The Balaban J connectivity index is 2.20. The fourth-order valence-corrected chi connectivity index (χ4v) is 2.16. The molecule has 19 heavy (non-hydrogen) atoms. The Bertz CT molecular complexity index is 760. The maximum atomic E-state index is 12.6. The number of ketones is 1. The number of hydrogen-bond acceptors (Lipinski definition) is 3. The molecular weight excluding hydrogens is 236 g/mol. The summed E-state index contributed by atoms with van der Waals surface area (Å²) in [6, 6.07) is 11.3. The first-order valence-electron chi connectivity index (χ1n) is 6.06. The zero-order valence-electron chi connectivity index (χ0n) is 10.5. The van der Waals surface area contributed by atoms with E-state index in [1.54, 1.807) is 18.6 Å². The molecule has 0 spiro atoms. The Morgan fingerprint density at radius 2 is 1.95 bits per heavy atom. The van der Waals surface area contributed by atoms with Gasteiger partial charge in [-0.05, 0) is 30.0 Å². The molecule has 0 amide bonds. The van der Waals surface area contributed by atoms with E-state index in [-0.39, 0.29) is 5.78 Å². The topological polar surface area (TPSA) is 42.9 Å². The smallest absolute Gasteiger partial charge is 0.212 e. The quantitative estimate of drug-likeness (QED) is 0.654. The number of nitrogens with zero attached hydrogens (tertiary/aromatic N) is 2. The number of benzene rings is 1. The van der Waals surface area contributed by atoms with Crippen molar-refractivity contribution >= 4 is 16.6 Å². The minimum atomic E-state index is -0.0586. The van der Waals surface area contributed by atoms with E-state index in [0.717, 1.165) is 16.3 Å². The zero-order chi connectivity index (χ0) is 13.2. The van der Waals surface area contributed by atoms with Crippen molar-refractivity contribution in [3.05, 3.63) is 71.8 Å². The highest BCUT2D eigenvalue weighted by molar-refractivity contribution is 6.15. The van der Waals surface area contributed by atoms with Crippen LogP contribution >= 0.6 is 0 Å². The molecule has 0 fully saturated rings. The van der Waals surface area contributed by atoms with Gasteiger partial charge >= 0.3 is 0 Å². The number of rotatable bonds is 2. The molecule has 0 aliphatic carbocycles. The van der Waals surface area contributed by atoms with Gasteiger partial charge in [-0.2, -0.15) is 0 Å². The SMILES string of the molecule is Cc1cccnc1C(=O)c1cccc2ccncc12. The summed E-state index contributed by atoms with van der Waals surface area (Å²) in [5.41, 5.74) is 2.03. The van der Waals surface area contributed by atoms with Gasteiger partial charge in [0.25, 0.3) is 0 Å². The van der Waals surface area contributed by atoms with Crippen LogP contribution in [0, 0.1) is 6.92 Å². The molecule has 0 radical (unpaired) electrons. The summed E-state index contributed by atoms with van der Waals surface area (Å²) in [6.07, 6.45) is 5.09. The second kappa shape index (κ2) is 4.61. The maximum Gasteiger partial charge on any atom is 0.212 e. The maximum absolute atomic E-state index is 12.6. The summed E-state index contributed by atoms with van der Waals surface area (Å²) in [5.74, 6) is -0.0586. The van der Waals surface area contributed by atoms with E-state index in [1.807, 2.05) is 43.3 Å². The number of pyridine rings is 2. The predicted octanol–water partition coefficient (Wildman–Crippen LogP) is 3.17. The Morgan fingerprint density at radius 3 is 2.79 bits per heavy atom. The van der Waals surface area contributed by atoms with Crippen LogP contribution in [-0.2, 0) is 0 Å². The zero-order valence-corrected chi connectivity index (χ0v) is 10.5. The molecule has 3 aromatic rings. The van der Waals surface area contributed by atoms with Crippen LogP contribution in [0.2, 0.25) is 0 Å².